The third kappa shape index (κ3) is 3.67. The van der Waals surface area contributed by atoms with E-state index in [1.165, 1.54) is 12.4 Å². The Morgan fingerprint density at radius 2 is 2.18 bits per heavy atom. The van der Waals surface area contributed by atoms with Crippen LogP contribution in [0.15, 0.2) is 12.4 Å². The minimum absolute atomic E-state index is 0.0478. The van der Waals surface area contributed by atoms with Gasteiger partial charge < -0.3 is 15.3 Å². The van der Waals surface area contributed by atoms with E-state index < -0.39 is 0 Å². The molecule has 6 heteroatoms. The smallest absolute Gasteiger partial charge is 0.274 e. The van der Waals surface area contributed by atoms with Gasteiger partial charge in [-0.25, -0.2) is 9.97 Å². The minimum Gasteiger partial charge on any atom is -0.395 e. The first kappa shape index (κ1) is 13.4. The van der Waals surface area contributed by atoms with E-state index in [1.54, 1.807) is 11.9 Å². The molecule has 0 atom stereocenters. The Balaban J connectivity index is 2.77. The van der Waals surface area contributed by atoms with E-state index in [1.807, 2.05) is 6.92 Å². The average Bonchev–Trinajstić information content (AvgIpc) is 2.38. The second-order valence-electron chi connectivity index (χ2n) is 3.55. The Bertz CT molecular complexity index is 347. The predicted octanol–water partition coefficient (Wildman–Crippen LogP) is 0.363. The van der Waals surface area contributed by atoms with Crippen LogP contribution in [-0.4, -0.2) is 52.6 Å². The van der Waals surface area contributed by atoms with Crippen LogP contribution in [0.4, 0.5) is 5.82 Å². The van der Waals surface area contributed by atoms with Crippen molar-refractivity contribution in [3.63, 3.8) is 0 Å². The highest BCUT2D eigenvalue weighted by Crippen LogP contribution is 2.04. The summed E-state index contributed by atoms with van der Waals surface area (Å²) in [6.07, 6.45) is 3.79. The molecular formula is C11H18N4O2. The molecule has 1 rings (SSSR count). The molecule has 1 heterocycles. The van der Waals surface area contributed by atoms with Crippen LogP contribution in [0.3, 0.4) is 0 Å². The van der Waals surface area contributed by atoms with Crippen LogP contribution < -0.4 is 5.32 Å². The van der Waals surface area contributed by atoms with E-state index >= 15 is 0 Å². The van der Waals surface area contributed by atoms with E-state index in [0.717, 1.165) is 6.42 Å². The molecule has 0 aliphatic rings. The maximum Gasteiger partial charge on any atom is 0.274 e. The highest BCUT2D eigenvalue weighted by atomic mass is 16.3. The maximum atomic E-state index is 12.0. The van der Waals surface area contributed by atoms with Gasteiger partial charge in [0.2, 0.25) is 0 Å². The molecule has 0 saturated heterocycles. The van der Waals surface area contributed by atoms with E-state index in [0.29, 0.717) is 24.6 Å². The van der Waals surface area contributed by atoms with Crippen molar-refractivity contribution in [1.29, 1.82) is 0 Å². The molecule has 2 N–H and O–H groups in total. The highest BCUT2D eigenvalue weighted by molar-refractivity contribution is 5.92. The summed E-state index contributed by atoms with van der Waals surface area (Å²) in [4.78, 5) is 21.7. The van der Waals surface area contributed by atoms with Gasteiger partial charge >= 0.3 is 0 Å². The fourth-order valence-corrected chi connectivity index (χ4v) is 1.44. The number of carbonyl (C=O) groups is 1. The highest BCUT2D eigenvalue weighted by Gasteiger charge is 2.15. The normalized spacial score (nSPS) is 10.1. The van der Waals surface area contributed by atoms with E-state index in [9.17, 15) is 4.79 Å². The molecule has 1 amide bonds. The second-order valence-corrected chi connectivity index (χ2v) is 3.55. The molecule has 0 fully saturated rings. The van der Waals surface area contributed by atoms with Gasteiger partial charge in [0.25, 0.3) is 5.91 Å². The molecule has 0 radical (unpaired) electrons. The van der Waals surface area contributed by atoms with E-state index in [2.05, 4.69) is 15.3 Å². The van der Waals surface area contributed by atoms with Crippen LogP contribution in [0.25, 0.3) is 0 Å². The van der Waals surface area contributed by atoms with Crippen LogP contribution in [0, 0.1) is 0 Å². The molecule has 0 spiro atoms. The number of carbonyl (C=O) groups excluding carboxylic acids is 1. The Morgan fingerprint density at radius 1 is 1.41 bits per heavy atom. The summed E-state index contributed by atoms with van der Waals surface area (Å²) in [6, 6.07) is 0. The number of aliphatic hydroxyl groups excluding tert-OH is 1. The Hall–Kier alpha value is -1.69. The maximum absolute atomic E-state index is 12.0. The summed E-state index contributed by atoms with van der Waals surface area (Å²) in [7, 11) is 1.74. The minimum atomic E-state index is -0.198. The van der Waals surface area contributed by atoms with Gasteiger partial charge in [0.05, 0.1) is 19.0 Å². The number of anilines is 1. The molecule has 0 aromatic carbocycles. The molecule has 0 saturated carbocycles. The van der Waals surface area contributed by atoms with Crippen LogP contribution in [0.1, 0.15) is 23.8 Å². The molecule has 0 bridgehead atoms. The van der Waals surface area contributed by atoms with Crippen LogP contribution in [0.5, 0.6) is 0 Å². The zero-order valence-corrected chi connectivity index (χ0v) is 10.2. The van der Waals surface area contributed by atoms with Gasteiger partial charge in [-0.15, -0.1) is 0 Å². The lowest BCUT2D eigenvalue weighted by Crippen LogP contribution is -2.34. The fourth-order valence-electron chi connectivity index (χ4n) is 1.44. The van der Waals surface area contributed by atoms with Gasteiger partial charge in [-0.2, -0.15) is 0 Å². The van der Waals surface area contributed by atoms with Gasteiger partial charge in [-0.1, -0.05) is 6.92 Å². The molecule has 94 valence electrons. The van der Waals surface area contributed by atoms with Crippen molar-refractivity contribution < 1.29 is 9.90 Å². The van der Waals surface area contributed by atoms with E-state index in [4.69, 9.17) is 5.11 Å². The van der Waals surface area contributed by atoms with Crippen molar-refractivity contribution in [2.75, 3.05) is 32.1 Å². The number of hydrogen-bond donors (Lipinski definition) is 2. The number of nitrogens with zero attached hydrogens (tertiary/aromatic N) is 3. The summed E-state index contributed by atoms with van der Waals surface area (Å²) in [5, 5.41) is 11.7. The zero-order valence-electron chi connectivity index (χ0n) is 10.2. The van der Waals surface area contributed by atoms with Crippen molar-refractivity contribution in [3.8, 4) is 0 Å². The third-order valence-electron chi connectivity index (χ3n) is 2.28. The van der Waals surface area contributed by atoms with Crippen molar-refractivity contribution in [2.24, 2.45) is 0 Å². The first-order valence-electron chi connectivity index (χ1n) is 5.62. The average molecular weight is 238 g/mol. The summed E-state index contributed by atoms with van der Waals surface area (Å²) in [5.41, 5.74) is 0.297. The van der Waals surface area contributed by atoms with Crippen molar-refractivity contribution in [3.05, 3.63) is 18.1 Å². The lowest BCUT2D eigenvalue weighted by atomic mass is 10.3. The first-order valence-corrected chi connectivity index (χ1v) is 5.62. The first-order chi connectivity index (χ1) is 8.22. The molecule has 1 aromatic heterocycles. The van der Waals surface area contributed by atoms with Crippen LogP contribution >= 0.6 is 0 Å². The number of rotatable bonds is 6. The van der Waals surface area contributed by atoms with Gasteiger partial charge in [-0.3, -0.25) is 4.79 Å². The summed E-state index contributed by atoms with van der Waals surface area (Å²) in [5.74, 6) is 0.418. The fraction of sp³-hybridized carbons (Fsp3) is 0.545. The van der Waals surface area contributed by atoms with Crippen LogP contribution in [-0.2, 0) is 0 Å². The van der Waals surface area contributed by atoms with Gasteiger partial charge in [0, 0.05) is 20.1 Å². The quantitative estimate of drug-likeness (QED) is 0.748. The monoisotopic (exact) mass is 238 g/mol. The van der Waals surface area contributed by atoms with Gasteiger partial charge in [0.15, 0.2) is 0 Å². The van der Waals surface area contributed by atoms with Crippen molar-refractivity contribution in [2.45, 2.75) is 13.3 Å². The van der Waals surface area contributed by atoms with Crippen molar-refractivity contribution in [1.82, 2.24) is 14.9 Å². The van der Waals surface area contributed by atoms with Crippen molar-refractivity contribution >= 4 is 11.7 Å². The second kappa shape index (κ2) is 6.80. The molecular weight excluding hydrogens is 220 g/mol. The largest absolute Gasteiger partial charge is 0.395 e. The standard InChI is InChI=1S/C11H18N4O2/c1-3-4-15(5-6-16)11(17)9-7-14-10(12-2)8-13-9/h7-8,16H,3-6H2,1-2H3,(H,12,14). The molecule has 6 nitrogen and oxygen atoms in total. The number of aliphatic hydroxyl groups is 1. The molecule has 1 aromatic rings. The Morgan fingerprint density at radius 3 is 2.65 bits per heavy atom. The summed E-state index contributed by atoms with van der Waals surface area (Å²) in [6.45, 7) is 2.86. The molecule has 0 aliphatic heterocycles. The van der Waals surface area contributed by atoms with Gasteiger partial charge in [0.1, 0.15) is 11.5 Å². The van der Waals surface area contributed by atoms with E-state index in [-0.39, 0.29) is 12.5 Å². The Kier molecular flexibility index (Phi) is 5.35. The lowest BCUT2D eigenvalue weighted by Gasteiger charge is -2.20. The predicted molar refractivity (Wildman–Crippen MR) is 64.9 cm³/mol. The number of amides is 1. The van der Waals surface area contributed by atoms with Crippen LogP contribution in [0.2, 0.25) is 0 Å². The number of aromatic nitrogens is 2. The molecule has 0 unspecified atom stereocenters. The number of hydrogen-bond acceptors (Lipinski definition) is 5. The SMILES string of the molecule is CCCN(CCO)C(=O)c1cnc(NC)cn1. The molecule has 17 heavy (non-hydrogen) atoms. The topological polar surface area (TPSA) is 78.3 Å². The summed E-state index contributed by atoms with van der Waals surface area (Å²) >= 11 is 0. The Labute approximate surface area is 101 Å². The number of nitrogens with one attached hydrogen (secondary N) is 1. The third-order valence-corrected chi connectivity index (χ3v) is 2.28. The molecule has 0 aliphatic carbocycles. The zero-order chi connectivity index (χ0) is 12.7. The summed E-state index contributed by atoms with van der Waals surface area (Å²) < 4.78 is 0. The lowest BCUT2D eigenvalue weighted by molar-refractivity contribution is 0.0715. The van der Waals surface area contributed by atoms with Gasteiger partial charge in [-0.05, 0) is 6.42 Å².